The molecule has 2 aromatic heterocycles. The summed E-state index contributed by atoms with van der Waals surface area (Å²) in [5.74, 6) is 0. The van der Waals surface area contributed by atoms with Gasteiger partial charge in [-0.05, 0) is 29.0 Å². The quantitative estimate of drug-likeness (QED) is 0.292. The van der Waals surface area contributed by atoms with Gasteiger partial charge in [0.25, 0.3) is 0 Å². The van der Waals surface area contributed by atoms with Gasteiger partial charge in [0.2, 0.25) is 0 Å². The predicted molar refractivity (Wildman–Crippen MR) is 122 cm³/mol. The Morgan fingerprint density at radius 2 is 1.33 bits per heavy atom. The van der Waals surface area contributed by atoms with E-state index in [0.29, 0.717) is 0 Å². The van der Waals surface area contributed by atoms with Crippen molar-refractivity contribution in [2.75, 3.05) is 0 Å². The average molecular weight is 364 g/mol. The number of hydrogen-bond acceptors (Lipinski definition) is 0. The Kier molecular flexibility index (Phi) is 2.77. The van der Waals surface area contributed by atoms with Gasteiger partial charge in [0.05, 0.1) is 24.6 Å². The summed E-state index contributed by atoms with van der Waals surface area (Å²) in [4.78, 5) is 0. The third-order valence-corrected chi connectivity index (χ3v) is 8.10. The maximum absolute atomic E-state index is 2.48. The van der Waals surface area contributed by atoms with E-state index in [-0.39, 0.29) is 0 Å². The SMILES string of the molecule is C[Si](C)(C)c1ccc2c(c1)c1c3ccccc3cc3c4ccccc4n2c31. The fourth-order valence-corrected chi connectivity index (χ4v) is 5.87. The Morgan fingerprint density at radius 3 is 2.15 bits per heavy atom. The van der Waals surface area contributed by atoms with Gasteiger partial charge in [0, 0.05) is 21.5 Å². The molecule has 0 saturated heterocycles. The zero-order valence-electron chi connectivity index (χ0n) is 15.9. The molecule has 6 rings (SSSR count). The van der Waals surface area contributed by atoms with Gasteiger partial charge in [0.15, 0.2) is 0 Å². The minimum Gasteiger partial charge on any atom is -0.308 e. The third kappa shape index (κ3) is 1.88. The number of hydrogen-bond donors (Lipinski definition) is 0. The van der Waals surface area contributed by atoms with Crippen LogP contribution in [0, 0.1) is 0 Å². The molecule has 130 valence electrons. The van der Waals surface area contributed by atoms with Gasteiger partial charge >= 0.3 is 0 Å². The molecular weight excluding hydrogens is 342 g/mol. The van der Waals surface area contributed by atoms with E-state index in [1.807, 2.05) is 0 Å². The molecule has 2 heterocycles. The molecule has 0 unspecified atom stereocenters. The van der Waals surface area contributed by atoms with Gasteiger partial charge in [-0.3, -0.25) is 0 Å². The highest BCUT2D eigenvalue weighted by Gasteiger charge is 2.22. The smallest absolute Gasteiger partial charge is 0.0776 e. The van der Waals surface area contributed by atoms with Crippen LogP contribution in [-0.2, 0) is 0 Å². The van der Waals surface area contributed by atoms with Crippen LogP contribution >= 0.6 is 0 Å². The topological polar surface area (TPSA) is 4.41 Å². The minimum absolute atomic E-state index is 1.31. The molecule has 0 N–H and O–H groups in total. The van der Waals surface area contributed by atoms with E-state index in [2.05, 4.69) is 96.8 Å². The molecule has 0 atom stereocenters. The molecule has 27 heavy (non-hydrogen) atoms. The second-order valence-corrected chi connectivity index (χ2v) is 13.8. The lowest BCUT2D eigenvalue weighted by molar-refractivity contribution is 1.37. The molecule has 0 spiro atoms. The molecule has 1 nitrogen and oxygen atoms in total. The van der Waals surface area contributed by atoms with Crippen LogP contribution in [0.1, 0.15) is 0 Å². The van der Waals surface area contributed by atoms with E-state index in [1.54, 1.807) is 0 Å². The number of nitrogens with zero attached hydrogens (tertiary/aromatic N) is 1. The first-order chi connectivity index (χ1) is 13.0. The van der Waals surface area contributed by atoms with Gasteiger partial charge in [-0.2, -0.15) is 0 Å². The van der Waals surface area contributed by atoms with E-state index in [1.165, 1.54) is 54.1 Å². The molecule has 2 heteroatoms. The summed E-state index contributed by atoms with van der Waals surface area (Å²) in [7, 11) is -1.37. The Bertz CT molecular complexity index is 1500. The molecule has 6 aromatic rings. The number of fused-ring (bicyclic) bond motifs is 8. The molecule has 4 aromatic carbocycles. The monoisotopic (exact) mass is 363 g/mol. The Balaban J connectivity index is 1.99. The van der Waals surface area contributed by atoms with Gasteiger partial charge in [0.1, 0.15) is 0 Å². The standard InChI is InChI=1S/C25H21NSi/c1-27(2,3)17-12-13-23-21(15-17)24-18-9-5-4-8-16(18)14-20-19-10-6-7-11-22(19)26(23)25(20)24/h4-15H,1-3H3. The zero-order chi connectivity index (χ0) is 18.3. The van der Waals surface area contributed by atoms with Crippen LogP contribution < -0.4 is 5.19 Å². The van der Waals surface area contributed by atoms with Crippen molar-refractivity contribution in [3.05, 3.63) is 72.8 Å². The third-order valence-electron chi connectivity index (χ3n) is 6.05. The van der Waals surface area contributed by atoms with Crippen molar-refractivity contribution in [3.8, 4) is 0 Å². The highest BCUT2D eigenvalue weighted by molar-refractivity contribution is 6.88. The average Bonchev–Trinajstić information content (AvgIpc) is 3.17. The molecule has 0 radical (unpaired) electrons. The number of benzene rings is 4. The number of para-hydroxylation sites is 1. The maximum Gasteiger partial charge on any atom is 0.0776 e. The van der Waals surface area contributed by atoms with Gasteiger partial charge < -0.3 is 4.40 Å². The lowest BCUT2D eigenvalue weighted by atomic mass is 10.0. The molecule has 0 aliphatic rings. The molecular formula is C25H21NSi. The van der Waals surface area contributed by atoms with Crippen LogP contribution in [0.5, 0.6) is 0 Å². The van der Waals surface area contributed by atoms with Gasteiger partial charge in [-0.15, -0.1) is 0 Å². The first-order valence-corrected chi connectivity index (χ1v) is 13.1. The van der Waals surface area contributed by atoms with Crippen LogP contribution in [0.2, 0.25) is 19.6 Å². The van der Waals surface area contributed by atoms with E-state index in [9.17, 15) is 0 Å². The highest BCUT2D eigenvalue weighted by Crippen LogP contribution is 2.42. The van der Waals surface area contributed by atoms with Crippen molar-refractivity contribution < 1.29 is 0 Å². The molecule has 0 saturated carbocycles. The lowest BCUT2D eigenvalue weighted by Gasteiger charge is -2.16. The van der Waals surface area contributed by atoms with Crippen molar-refractivity contribution in [1.29, 1.82) is 0 Å². The zero-order valence-corrected chi connectivity index (χ0v) is 16.9. The van der Waals surface area contributed by atoms with Crippen molar-refractivity contribution in [1.82, 2.24) is 4.40 Å². The summed E-state index contributed by atoms with van der Waals surface area (Å²) in [5, 5.41) is 9.74. The lowest BCUT2D eigenvalue weighted by Crippen LogP contribution is -2.37. The summed E-state index contributed by atoms with van der Waals surface area (Å²) < 4.78 is 2.48. The van der Waals surface area contributed by atoms with Crippen molar-refractivity contribution in [2.24, 2.45) is 0 Å². The fourth-order valence-electron chi connectivity index (χ4n) is 4.71. The first kappa shape index (κ1) is 15.2. The van der Waals surface area contributed by atoms with Gasteiger partial charge in [-0.25, -0.2) is 0 Å². The van der Waals surface area contributed by atoms with E-state index in [4.69, 9.17) is 0 Å². The normalized spacial score (nSPS) is 13.0. The van der Waals surface area contributed by atoms with Crippen LogP contribution in [0.4, 0.5) is 0 Å². The summed E-state index contributed by atoms with van der Waals surface area (Å²) in [6.07, 6.45) is 0. The van der Waals surface area contributed by atoms with Crippen molar-refractivity contribution in [2.45, 2.75) is 19.6 Å². The van der Waals surface area contributed by atoms with Crippen LogP contribution in [0.25, 0.3) is 48.9 Å². The summed E-state index contributed by atoms with van der Waals surface area (Å²) in [6.45, 7) is 7.29. The molecule has 0 aliphatic carbocycles. The predicted octanol–water partition coefficient (Wildman–Crippen LogP) is 6.54. The van der Waals surface area contributed by atoms with Gasteiger partial charge in [-0.1, -0.05) is 79.4 Å². The van der Waals surface area contributed by atoms with Crippen molar-refractivity contribution >= 4 is 62.1 Å². The highest BCUT2D eigenvalue weighted by atomic mass is 28.3. The largest absolute Gasteiger partial charge is 0.308 e. The van der Waals surface area contributed by atoms with Crippen LogP contribution in [0.3, 0.4) is 0 Å². The molecule has 0 aliphatic heterocycles. The molecule has 0 amide bonds. The number of rotatable bonds is 1. The van der Waals surface area contributed by atoms with Crippen molar-refractivity contribution in [3.63, 3.8) is 0 Å². The second kappa shape index (κ2) is 4.90. The number of aromatic nitrogens is 1. The second-order valence-electron chi connectivity index (χ2n) is 8.70. The minimum atomic E-state index is -1.37. The molecule has 0 bridgehead atoms. The Hall–Kier alpha value is -2.84. The molecule has 0 fully saturated rings. The summed E-state index contributed by atoms with van der Waals surface area (Å²) in [5.41, 5.74) is 4.01. The van der Waals surface area contributed by atoms with E-state index >= 15 is 0 Å². The fraction of sp³-hybridized carbons (Fsp3) is 0.120. The Morgan fingerprint density at radius 1 is 0.630 bits per heavy atom. The van der Waals surface area contributed by atoms with E-state index < -0.39 is 8.07 Å². The maximum atomic E-state index is 2.48. The summed E-state index contributed by atoms with van der Waals surface area (Å²) >= 11 is 0. The van der Waals surface area contributed by atoms with E-state index in [0.717, 1.165) is 0 Å². The summed E-state index contributed by atoms with van der Waals surface area (Å²) in [6, 6.07) is 27.2. The Labute approximate surface area is 159 Å². The van der Waals surface area contributed by atoms with Crippen LogP contribution in [0.15, 0.2) is 72.8 Å². The first-order valence-electron chi connectivity index (χ1n) is 9.64. The van der Waals surface area contributed by atoms with Crippen LogP contribution in [-0.4, -0.2) is 12.5 Å².